The average Bonchev–Trinajstić information content (AvgIpc) is 2.88. The molecule has 1 aliphatic heterocycles. The Morgan fingerprint density at radius 1 is 1.12 bits per heavy atom. The summed E-state index contributed by atoms with van der Waals surface area (Å²) in [4.78, 5) is 19.0. The Balaban J connectivity index is 1.71. The number of aromatic nitrogens is 1. The van der Waals surface area contributed by atoms with E-state index < -0.39 is 0 Å². The molecule has 132 valence electrons. The molecule has 1 amide bonds. The number of nitrogens with zero attached hydrogens (tertiary/aromatic N) is 2. The van der Waals surface area contributed by atoms with Crippen molar-refractivity contribution in [2.24, 2.45) is 0 Å². The van der Waals surface area contributed by atoms with Gasteiger partial charge in [-0.15, -0.1) is 0 Å². The van der Waals surface area contributed by atoms with Crippen molar-refractivity contribution in [1.29, 1.82) is 0 Å². The molecular weight excluding hydrogens is 318 g/mol. The van der Waals surface area contributed by atoms with Crippen LogP contribution in [0.1, 0.15) is 30.6 Å². The normalized spacial score (nSPS) is 13.0. The first-order chi connectivity index (χ1) is 12.2. The van der Waals surface area contributed by atoms with Gasteiger partial charge in [-0.05, 0) is 38.1 Å². The fraction of sp³-hybridized carbons (Fsp3) is 0.368. The number of hydrogen-bond donors (Lipinski definition) is 1. The van der Waals surface area contributed by atoms with Crippen LogP contribution >= 0.6 is 0 Å². The van der Waals surface area contributed by atoms with Crippen molar-refractivity contribution in [3.05, 3.63) is 42.1 Å². The Morgan fingerprint density at radius 3 is 2.56 bits per heavy atom. The molecule has 2 heterocycles. The number of carbonyl (C=O) groups is 1. The van der Waals surface area contributed by atoms with Crippen LogP contribution in [0.3, 0.4) is 0 Å². The van der Waals surface area contributed by atoms with Gasteiger partial charge in [0.2, 0.25) is 0 Å². The van der Waals surface area contributed by atoms with E-state index in [4.69, 9.17) is 9.47 Å². The van der Waals surface area contributed by atoms with Crippen LogP contribution in [-0.2, 0) is 0 Å². The van der Waals surface area contributed by atoms with Crippen molar-refractivity contribution in [3.8, 4) is 11.5 Å². The number of pyridine rings is 1. The van der Waals surface area contributed by atoms with Crippen molar-refractivity contribution >= 4 is 17.4 Å². The summed E-state index contributed by atoms with van der Waals surface area (Å²) in [5.41, 5.74) is 1.19. The molecule has 0 fully saturated rings. The predicted molar refractivity (Wildman–Crippen MR) is 97.8 cm³/mol. The Kier molecular flexibility index (Phi) is 5.38. The van der Waals surface area contributed by atoms with Gasteiger partial charge in [-0.3, -0.25) is 4.79 Å². The molecule has 0 saturated carbocycles. The number of amides is 1. The lowest BCUT2D eigenvalue weighted by Gasteiger charge is -2.19. The number of fused-ring (bicyclic) bond motifs is 1. The van der Waals surface area contributed by atoms with Gasteiger partial charge in [0.25, 0.3) is 5.91 Å². The maximum atomic E-state index is 12.4. The van der Waals surface area contributed by atoms with E-state index in [1.807, 2.05) is 18.2 Å². The monoisotopic (exact) mass is 341 g/mol. The third-order valence-corrected chi connectivity index (χ3v) is 4.10. The lowest BCUT2D eigenvalue weighted by molar-refractivity contribution is 0.102. The molecule has 0 saturated heterocycles. The maximum absolute atomic E-state index is 12.4. The third-order valence-electron chi connectivity index (χ3n) is 4.10. The van der Waals surface area contributed by atoms with Gasteiger partial charge >= 0.3 is 0 Å². The second kappa shape index (κ2) is 7.88. The lowest BCUT2D eigenvalue weighted by atomic mass is 10.2. The van der Waals surface area contributed by atoms with E-state index in [9.17, 15) is 4.79 Å². The number of benzene rings is 1. The van der Waals surface area contributed by atoms with Gasteiger partial charge in [0.15, 0.2) is 11.5 Å². The molecule has 1 aliphatic rings. The molecule has 0 spiro atoms. The molecule has 6 heteroatoms. The first-order valence-electron chi connectivity index (χ1n) is 8.63. The van der Waals surface area contributed by atoms with Gasteiger partial charge in [-0.1, -0.05) is 0 Å². The molecule has 1 N–H and O–H groups in total. The largest absolute Gasteiger partial charge is 0.490 e. The zero-order chi connectivity index (χ0) is 17.6. The molecule has 0 unspecified atom stereocenters. The summed E-state index contributed by atoms with van der Waals surface area (Å²) >= 11 is 0. The molecule has 25 heavy (non-hydrogen) atoms. The summed E-state index contributed by atoms with van der Waals surface area (Å²) in [5, 5.41) is 2.88. The highest BCUT2D eigenvalue weighted by Crippen LogP contribution is 2.32. The first kappa shape index (κ1) is 17.1. The fourth-order valence-electron chi connectivity index (χ4n) is 2.70. The summed E-state index contributed by atoms with van der Waals surface area (Å²) in [6.07, 6.45) is 2.45. The molecule has 0 atom stereocenters. The number of hydrogen-bond acceptors (Lipinski definition) is 5. The van der Waals surface area contributed by atoms with Crippen molar-refractivity contribution in [3.63, 3.8) is 0 Å². The minimum absolute atomic E-state index is 0.201. The molecule has 1 aromatic heterocycles. The van der Waals surface area contributed by atoms with Crippen molar-refractivity contribution in [2.75, 3.05) is 36.5 Å². The zero-order valence-corrected chi connectivity index (χ0v) is 14.6. The maximum Gasteiger partial charge on any atom is 0.257 e. The van der Waals surface area contributed by atoms with Gasteiger partial charge in [0, 0.05) is 37.5 Å². The Morgan fingerprint density at radius 2 is 1.88 bits per heavy atom. The van der Waals surface area contributed by atoms with E-state index >= 15 is 0 Å². The van der Waals surface area contributed by atoms with Crippen LogP contribution in [0, 0.1) is 0 Å². The Bertz CT molecular complexity index is 727. The number of carbonyl (C=O) groups excluding carboxylic acids is 1. The predicted octanol–water partition coefficient (Wildman–Crippen LogP) is 3.34. The van der Waals surface area contributed by atoms with Crippen molar-refractivity contribution < 1.29 is 14.3 Å². The smallest absolute Gasteiger partial charge is 0.257 e. The minimum Gasteiger partial charge on any atom is -0.490 e. The minimum atomic E-state index is -0.201. The highest BCUT2D eigenvalue weighted by molar-refractivity contribution is 6.04. The molecule has 0 aliphatic carbocycles. The molecule has 0 bridgehead atoms. The molecule has 3 rings (SSSR count). The number of anilines is 2. The fourth-order valence-corrected chi connectivity index (χ4v) is 2.70. The lowest BCUT2D eigenvalue weighted by Crippen LogP contribution is -2.23. The van der Waals surface area contributed by atoms with Crippen LogP contribution in [0.15, 0.2) is 36.5 Å². The average molecular weight is 341 g/mol. The van der Waals surface area contributed by atoms with E-state index in [0.29, 0.717) is 36.0 Å². The van der Waals surface area contributed by atoms with Gasteiger partial charge in [0.1, 0.15) is 5.82 Å². The molecule has 2 aromatic rings. The number of rotatable bonds is 5. The topological polar surface area (TPSA) is 63.7 Å². The van der Waals surface area contributed by atoms with Crippen LogP contribution in [0.5, 0.6) is 11.5 Å². The standard InChI is InChI=1S/C19H23N3O3/c1-3-22(4-2)18-9-6-14(13-20-18)19(23)21-15-7-8-16-17(12-15)25-11-5-10-24-16/h6-9,12-13H,3-5,10-11H2,1-2H3,(H,21,23). The van der Waals surface area contributed by atoms with E-state index in [1.54, 1.807) is 18.3 Å². The highest BCUT2D eigenvalue weighted by atomic mass is 16.5. The molecule has 0 radical (unpaired) electrons. The Hall–Kier alpha value is -2.76. The summed E-state index contributed by atoms with van der Waals surface area (Å²) in [6, 6.07) is 9.08. The van der Waals surface area contributed by atoms with Crippen LogP contribution in [0.25, 0.3) is 0 Å². The summed E-state index contributed by atoms with van der Waals surface area (Å²) in [5.74, 6) is 2.04. The third kappa shape index (κ3) is 4.02. The van der Waals surface area contributed by atoms with Crippen LogP contribution < -0.4 is 19.7 Å². The van der Waals surface area contributed by atoms with Crippen molar-refractivity contribution in [2.45, 2.75) is 20.3 Å². The zero-order valence-electron chi connectivity index (χ0n) is 14.6. The Labute approximate surface area is 147 Å². The second-order valence-electron chi connectivity index (χ2n) is 5.74. The first-order valence-corrected chi connectivity index (χ1v) is 8.63. The van der Waals surface area contributed by atoms with Gasteiger partial charge < -0.3 is 19.7 Å². The van der Waals surface area contributed by atoms with Crippen LogP contribution in [-0.4, -0.2) is 37.2 Å². The van der Waals surface area contributed by atoms with Gasteiger partial charge in [-0.25, -0.2) is 4.98 Å². The summed E-state index contributed by atoms with van der Waals surface area (Å²) in [6.45, 7) is 7.18. The van der Waals surface area contributed by atoms with Crippen LogP contribution in [0.4, 0.5) is 11.5 Å². The summed E-state index contributed by atoms with van der Waals surface area (Å²) < 4.78 is 11.2. The quantitative estimate of drug-likeness (QED) is 0.904. The van der Waals surface area contributed by atoms with Crippen molar-refractivity contribution in [1.82, 2.24) is 4.98 Å². The summed E-state index contributed by atoms with van der Waals surface area (Å²) in [7, 11) is 0. The second-order valence-corrected chi connectivity index (χ2v) is 5.74. The number of nitrogens with one attached hydrogen (secondary N) is 1. The van der Waals surface area contributed by atoms with E-state index in [-0.39, 0.29) is 5.91 Å². The molecule has 1 aromatic carbocycles. The number of ether oxygens (including phenoxy) is 2. The molecular formula is C19H23N3O3. The highest BCUT2D eigenvalue weighted by Gasteiger charge is 2.13. The van der Waals surface area contributed by atoms with Gasteiger partial charge in [0.05, 0.1) is 18.8 Å². The van der Waals surface area contributed by atoms with E-state index in [0.717, 1.165) is 25.3 Å². The molecule has 6 nitrogen and oxygen atoms in total. The van der Waals surface area contributed by atoms with E-state index in [2.05, 4.69) is 29.0 Å². The SMILES string of the molecule is CCN(CC)c1ccc(C(=O)Nc2ccc3c(c2)OCCCO3)cn1. The van der Waals surface area contributed by atoms with Gasteiger partial charge in [-0.2, -0.15) is 0 Å². The van der Waals surface area contributed by atoms with Crippen LogP contribution in [0.2, 0.25) is 0 Å². The van der Waals surface area contributed by atoms with E-state index in [1.165, 1.54) is 0 Å².